The number of carbonyl (C=O) groups excluding carboxylic acids is 2. The molecule has 1 N–H and O–H groups in total. The van der Waals surface area contributed by atoms with Gasteiger partial charge in [0.25, 0.3) is 0 Å². The van der Waals surface area contributed by atoms with Crippen molar-refractivity contribution in [3.05, 3.63) is 118 Å². The maximum absolute atomic E-state index is 13.7. The number of benzene rings is 3. The molecular weight excluding hydrogens is 444 g/mol. The summed E-state index contributed by atoms with van der Waals surface area (Å²) in [6, 6.07) is 29.4. The monoisotopic (exact) mass is 470 g/mol. The number of hydrogen-bond acceptors (Lipinski definition) is 4. The number of nitrogens with zero attached hydrogens (tertiary/aromatic N) is 1. The first-order chi connectivity index (χ1) is 16.7. The molecule has 4 rings (SSSR count). The normalized spacial score (nSPS) is 11.4. The topological polar surface area (TPSA) is 58.6 Å². The second-order valence-electron chi connectivity index (χ2n) is 7.73. The number of nitrogens with one attached hydrogen (secondary N) is 1. The Bertz CT molecular complexity index is 1190. The van der Waals surface area contributed by atoms with E-state index in [4.69, 9.17) is 4.74 Å². The Morgan fingerprint density at radius 3 is 2.18 bits per heavy atom. The van der Waals surface area contributed by atoms with Crippen molar-refractivity contribution in [1.82, 2.24) is 5.32 Å². The van der Waals surface area contributed by atoms with Crippen LogP contribution in [0.4, 0.5) is 5.69 Å². The van der Waals surface area contributed by atoms with Crippen LogP contribution in [0.25, 0.3) is 0 Å². The van der Waals surface area contributed by atoms with Crippen LogP contribution >= 0.6 is 11.3 Å². The van der Waals surface area contributed by atoms with Gasteiger partial charge in [-0.05, 0) is 46.8 Å². The number of carbonyl (C=O) groups is 2. The highest BCUT2D eigenvalue weighted by Gasteiger charge is 2.32. The van der Waals surface area contributed by atoms with Gasteiger partial charge in [-0.25, -0.2) is 0 Å². The van der Waals surface area contributed by atoms with Crippen molar-refractivity contribution in [2.75, 3.05) is 12.0 Å². The van der Waals surface area contributed by atoms with Gasteiger partial charge in [0.15, 0.2) is 0 Å². The van der Waals surface area contributed by atoms with Gasteiger partial charge in [0.2, 0.25) is 11.8 Å². The van der Waals surface area contributed by atoms with Crippen LogP contribution in [-0.2, 0) is 22.6 Å². The summed E-state index contributed by atoms with van der Waals surface area (Å²) in [5, 5.41) is 4.98. The van der Waals surface area contributed by atoms with E-state index in [2.05, 4.69) is 5.32 Å². The van der Waals surface area contributed by atoms with Crippen molar-refractivity contribution in [2.45, 2.75) is 19.0 Å². The molecule has 5 nitrogen and oxygen atoms in total. The zero-order valence-corrected chi connectivity index (χ0v) is 19.7. The van der Waals surface area contributed by atoms with E-state index >= 15 is 0 Å². The molecule has 1 heterocycles. The van der Waals surface area contributed by atoms with E-state index < -0.39 is 6.04 Å². The van der Waals surface area contributed by atoms with Crippen LogP contribution in [0.1, 0.15) is 22.0 Å². The molecule has 34 heavy (non-hydrogen) atoms. The molecule has 4 aromatic rings. The van der Waals surface area contributed by atoms with Crippen molar-refractivity contribution in [2.24, 2.45) is 0 Å². The summed E-state index contributed by atoms with van der Waals surface area (Å²) in [7, 11) is 1.60. The van der Waals surface area contributed by atoms with Crippen LogP contribution in [0, 0.1) is 0 Å². The van der Waals surface area contributed by atoms with Crippen LogP contribution in [0.5, 0.6) is 5.75 Å². The Morgan fingerprint density at radius 1 is 0.882 bits per heavy atom. The number of anilines is 1. The SMILES string of the molecule is COc1ccc(C(C(=O)NCc2ccccc2)N(C(=O)Cc2cccs2)c2ccccc2)cc1. The van der Waals surface area contributed by atoms with Gasteiger partial charge in [0.05, 0.1) is 13.5 Å². The predicted octanol–water partition coefficient (Wildman–Crippen LogP) is 5.39. The van der Waals surface area contributed by atoms with E-state index in [-0.39, 0.29) is 18.2 Å². The van der Waals surface area contributed by atoms with E-state index in [1.165, 1.54) is 11.3 Å². The first-order valence-electron chi connectivity index (χ1n) is 11.0. The third-order valence-corrected chi connectivity index (χ3v) is 6.33. The zero-order chi connectivity index (χ0) is 23.8. The van der Waals surface area contributed by atoms with Gasteiger partial charge in [0, 0.05) is 17.1 Å². The van der Waals surface area contributed by atoms with Crippen LogP contribution in [0.2, 0.25) is 0 Å². The second-order valence-corrected chi connectivity index (χ2v) is 8.77. The lowest BCUT2D eigenvalue weighted by molar-refractivity contribution is -0.126. The number of rotatable bonds is 9. The summed E-state index contributed by atoms with van der Waals surface area (Å²) in [5.74, 6) is 0.282. The van der Waals surface area contributed by atoms with Crippen molar-refractivity contribution in [3.63, 3.8) is 0 Å². The number of methoxy groups -OCH3 is 1. The van der Waals surface area contributed by atoms with Gasteiger partial charge in [-0.1, -0.05) is 66.7 Å². The highest BCUT2D eigenvalue weighted by Crippen LogP contribution is 2.30. The molecule has 1 aromatic heterocycles. The minimum absolute atomic E-state index is 0.149. The van der Waals surface area contributed by atoms with Gasteiger partial charge in [-0.3, -0.25) is 14.5 Å². The molecule has 0 spiro atoms. The Morgan fingerprint density at radius 2 is 1.56 bits per heavy atom. The molecule has 6 heteroatoms. The molecule has 0 fully saturated rings. The first kappa shape index (κ1) is 23.3. The number of thiophene rings is 1. The fourth-order valence-corrected chi connectivity index (χ4v) is 4.45. The highest BCUT2D eigenvalue weighted by atomic mass is 32.1. The van der Waals surface area contributed by atoms with Gasteiger partial charge in [-0.15, -0.1) is 11.3 Å². The minimum Gasteiger partial charge on any atom is -0.497 e. The lowest BCUT2D eigenvalue weighted by Crippen LogP contribution is -2.44. The average Bonchev–Trinajstić information content (AvgIpc) is 3.40. The Balaban J connectivity index is 1.71. The summed E-state index contributed by atoms with van der Waals surface area (Å²) >= 11 is 1.53. The van der Waals surface area contributed by atoms with E-state index in [1.54, 1.807) is 24.1 Å². The predicted molar refractivity (Wildman–Crippen MR) is 136 cm³/mol. The largest absolute Gasteiger partial charge is 0.497 e. The summed E-state index contributed by atoms with van der Waals surface area (Å²) < 4.78 is 5.30. The van der Waals surface area contributed by atoms with Crippen molar-refractivity contribution in [3.8, 4) is 5.75 Å². The van der Waals surface area contributed by atoms with Gasteiger partial charge in [-0.2, -0.15) is 0 Å². The number of ether oxygens (including phenoxy) is 1. The molecule has 172 valence electrons. The Hall–Kier alpha value is -3.90. The molecule has 0 aliphatic heterocycles. The molecule has 0 bridgehead atoms. The molecule has 0 aliphatic carbocycles. The molecular formula is C28H26N2O3S. The summed E-state index contributed by atoms with van der Waals surface area (Å²) in [5.41, 5.74) is 2.36. The van der Waals surface area contributed by atoms with Gasteiger partial charge >= 0.3 is 0 Å². The van der Waals surface area contributed by atoms with Gasteiger partial charge in [0.1, 0.15) is 11.8 Å². The van der Waals surface area contributed by atoms with E-state index in [0.717, 1.165) is 10.4 Å². The Kier molecular flexibility index (Phi) is 7.73. The number of hydrogen-bond donors (Lipinski definition) is 1. The summed E-state index contributed by atoms with van der Waals surface area (Å²) in [4.78, 5) is 29.9. The maximum Gasteiger partial charge on any atom is 0.248 e. The number of para-hydroxylation sites is 1. The quantitative estimate of drug-likeness (QED) is 0.357. The number of amides is 2. The van der Waals surface area contributed by atoms with Crippen molar-refractivity contribution >= 4 is 28.8 Å². The van der Waals surface area contributed by atoms with E-state index in [0.29, 0.717) is 23.5 Å². The van der Waals surface area contributed by atoms with Crippen molar-refractivity contribution < 1.29 is 14.3 Å². The minimum atomic E-state index is -0.843. The molecule has 1 unspecified atom stereocenters. The van der Waals surface area contributed by atoms with Gasteiger partial charge < -0.3 is 10.1 Å². The molecule has 0 saturated carbocycles. The molecule has 3 aromatic carbocycles. The standard InChI is InChI=1S/C28H26N2O3S/c1-33-24-16-14-22(15-17-24)27(28(32)29-20-21-9-4-2-5-10-21)30(23-11-6-3-7-12-23)26(31)19-25-13-8-18-34-25/h2-18,27H,19-20H2,1H3,(H,29,32). The maximum atomic E-state index is 13.7. The third-order valence-electron chi connectivity index (χ3n) is 5.46. The molecule has 0 aliphatic rings. The zero-order valence-electron chi connectivity index (χ0n) is 18.9. The van der Waals surface area contributed by atoms with Crippen LogP contribution < -0.4 is 15.0 Å². The molecule has 1 atom stereocenters. The average molecular weight is 471 g/mol. The fraction of sp³-hybridized carbons (Fsp3) is 0.143. The molecule has 0 radical (unpaired) electrons. The summed E-state index contributed by atoms with van der Waals surface area (Å²) in [6.45, 7) is 0.369. The van der Waals surface area contributed by atoms with Crippen molar-refractivity contribution in [1.29, 1.82) is 0 Å². The lowest BCUT2D eigenvalue weighted by Gasteiger charge is -2.31. The van der Waals surface area contributed by atoms with Crippen LogP contribution in [-0.4, -0.2) is 18.9 Å². The fourth-order valence-electron chi connectivity index (χ4n) is 3.76. The van der Waals surface area contributed by atoms with E-state index in [1.807, 2.05) is 90.3 Å². The lowest BCUT2D eigenvalue weighted by atomic mass is 10.0. The smallest absolute Gasteiger partial charge is 0.248 e. The van der Waals surface area contributed by atoms with Crippen LogP contribution in [0.15, 0.2) is 102 Å². The Labute approximate surface area is 203 Å². The summed E-state index contributed by atoms with van der Waals surface area (Å²) in [6.07, 6.45) is 0.213. The van der Waals surface area contributed by atoms with E-state index in [9.17, 15) is 9.59 Å². The molecule has 0 saturated heterocycles. The second kappa shape index (κ2) is 11.3. The first-order valence-corrected chi connectivity index (χ1v) is 11.9. The third kappa shape index (κ3) is 5.71. The molecule has 2 amide bonds. The highest BCUT2D eigenvalue weighted by molar-refractivity contribution is 7.10. The van der Waals surface area contributed by atoms with Crippen LogP contribution in [0.3, 0.4) is 0 Å².